The van der Waals surface area contributed by atoms with E-state index in [4.69, 9.17) is 0 Å². The van der Waals surface area contributed by atoms with Crippen molar-refractivity contribution in [1.82, 2.24) is 5.32 Å². The third-order valence-electron chi connectivity index (χ3n) is 2.79. The van der Waals surface area contributed by atoms with E-state index in [1.54, 1.807) is 6.07 Å². The zero-order valence-electron chi connectivity index (χ0n) is 8.26. The summed E-state index contributed by atoms with van der Waals surface area (Å²) in [5.41, 5.74) is 0.703. The second kappa shape index (κ2) is 4.49. The monoisotopic (exact) mass is 273 g/mol. The summed E-state index contributed by atoms with van der Waals surface area (Å²) in [6.07, 6.45) is 2.06. The lowest BCUT2D eigenvalue weighted by molar-refractivity contribution is 0.401. The van der Waals surface area contributed by atoms with E-state index < -0.39 is 5.82 Å². The molecule has 15 heavy (non-hydrogen) atoms. The van der Waals surface area contributed by atoms with Crippen molar-refractivity contribution >= 4 is 15.9 Å². The summed E-state index contributed by atoms with van der Waals surface area (Å²) in [5.74, 6) is -0.539. The average molecular weight is 274 g/mol. The van der Waals surface area contributed by atoms with Gasteiger partial charge in [-0.15, -0.1) is 0 Å². The van der Waals surface area contributed by atoms with Crippen LogP contribution in [0.1, 0.15) is 24.3 Å². The first kappa shape index (κ1) is 10.9. The van der Waals surface area contributed by atoms with Crippen LogP contribution in [0.25, 0.3) is 0 Å². The van der Waals surface area contributed by atoms with Gasteiger partial charge in [-0.05, 0) is 31.5 Å². The van der Waals surface area contributed by atoms with Crippen LogP contribution in [0.4, 0.5) is 4.39 Å². The van der Waals surface area contributed by atoms with Crippen molar-refractivity contribution in [2.24, 2.45) is 0 Å². The Morgan fingerprint density at radius 1 is 1.47 bits per heavy atom. The maximum atomic E-state index is 13.3. The summed E-state index contributed by atoms with van der Waals surface area (Å²) in [4.78, 5) is 0. The Hall–Kier alpha value is -0.610. The van der Waals surface area contributed by atoms with Gasteiger partial charge in [-0.25, -0.2) is 4.39 Å². The van der Waals surface area contributed by atoms with Gasteiger partial charge in [0.25, 0.3) is 0 Å². The lowest BCUT2D eigenvalue weighted by Gasteiger charge is -2.24. The second-order valence-electron chi connectivity index (χ2n) is 3.87. The highest BCUT2D eigenvalue weighted by Gasteiger charge is 2.20. The zero-order valence-corrected chi connectivity index (χ0v) is 9.85. The Labute approximate surface area is 96.6 Å². The molecule has 4 heteroatoms. The van der Waals surface area contributed by atoms with E-state index in [-0.39, 0.29) is 11.7 Å². The van der Waals surface area contributed by atoms with Crippen LogP contribution in [-0.4, -0.2) is 18.2 Å². The van der Waals surface area contributed by atoms with Crippen molar-refractivity contribution in [1.29, 1.82) is 0 Å². The molecule has 0 spiro atoms. The van der Waals surface area contributed by atoms with Crippen LogP contribution >= 0.6 is 15.9 Å². The molecule has 0 aliphatic carbocycles. The summed E-state index contributed by atoms with van der Waals surface area (Å²) in [6, 6.07) is 3.09. The molecule has 2 N–H and O–H groups in total. The number of halogens is 2. The molecule has 1 saturated heterocycles. The zero-order chi connectivity index (χ0) is 10.8. The highest BCUT2D eigenvalue weighted by Crippen LogP contribution is 2.34. The van der Waals surface area contributed by atoms with Gasteiger partial charge in [0, 0.05) is 22.5 Å². The maximum Gasteiger partial charge on any atom is 0.166 e. The lowest BCUT2D eigenvalue weighted by Crippen LogP contribution is -2.28. The van der Waals surface area contributed by atoms with E-state index >= 15 is 0 Å². The summed E-state index contributed by atoms with van der Waals surface area (Å²) in [6.45, 7) is 1.82. The number of phenols is 1. The number of benzene rings is 1. The molecule has 0 aromatic heterocycles. The Morgan fingerprint density at radius 3 is 2.93 bits per heavy atom. The first-order chi connectivity index (χ1) is 7.18. The lowest BCUT2D eigenvalue weighted by atomic mass is 9.91. The van der Waals surface area contributed by atoms with Crippen LogP contribution in [0, 0.1) is 5.82 Å². The predicted octanol–water partition coefficient (Wildman–Crippen LogP) is 2.76. The summed E-state index contributed by atoms with van der Waals surface area (Å²) in [5, 5.41) is 12.9. The van der Waals surface area contributed by atoms with Crippen molar-refractivity contribution in [2.45, 2.75) is 18.8 Å². The predicted molar refractivity (Wildman–Crippen MR) is 60.6 cm³/mol. The van der Waals surface area contributed by atoms with Crippen LogP contribution in [0.3, 0.4) is 0 Å². The van der Waals surface area contributed by atoms with Crippen molar-refractivity contribution in [3.63, 3.8) is 0 Å². The topological polar surface area (TPSA) is 32.3 Å². The average Bonchev–Trinajstić information content (AvgIpc) is 2.24. The molecular weight excluding hydrogens is 261 g/mol. The van der Waals surface area contributed by atoms with Crippen LogP contribution < -0.4 is 5.32 Å². The number of nitrogens with one attached hydrogen (secondary N) is 1. The third kappa shape index (κ3) is 2.32. The number of hydrogen-bond acceptors (Lipinski definition) is 2. The normalized spacial score (nSPS) is 21.6. The minimum atomic E-state index is -0.551. The molecule has 1 aliphatic heterocycles. The van der Waals surface area contributed by atoms with Crippen molar-refractivity contribution in [3.8, 4) is 5.75 Å². The summed E-state index contributed by atoms with van der Waals surface area (Å²) >= 11 is 3.24. The van der Waals surface area contributed by atoms with Gasteiger partial charge < -0.3 is 10.4 Å². The second-order valence-corrected chi connectivity index (χ2v) is 4.78. The molecule has 1 aromatic rings. The number of hydrogen-bond donors (Lipinski definition) is 2. The van der Waals surface area contributed by atoms with E-state index in [0.717, 1.165) is 25.9 Å². The fourth-order valence-corrected chi connectivity index (χ4v) is 2.46. The van der Waals surface area contributed by atoms with Gasteiger partial charge in [-0.3, -0.25) is 0 Å². The van der Waals surface area contributed by atoms with Crippen LogP contribution in [0.15, 0.2) is 16.6 Å². The highest BCUT2D eigenvalue weighted by atomic mass is 79.9. The SMILES string of the molecule is Oc1c(F)cc(Br)cc1C1CCCNC1. The Morgan fingerprint density at radius 2 is 2.27 bits per heavy atom. The molecule has 0 radical (unpaired) electrons. The van der Waals surface area contributed by atoms with Crippen molar-refractivity contribution in [2.75, 3.05) is 13.1 Å². The van der Waals surface area contributed by atoms with Gasteiger partial charge in [0.1, 0.15) is 0 Å². The molecule has 0 saturated carbocycles. The van der Waals surface area contributed by atoms with Gasteiger partial charge in [0.05, 0.1) is 0 Å². The molecule has 1 aliphatic rings. The highest BCUT2D eigenvalue weighted by molar-refractivity contribution is 9.10. The van der Waals surface area contributed by atoms with Gasteiger partial charge in [-0.2, -0.15) is 0 Å². The van der Waals surface area contributed by atoms with Crippen molar-refractivity contribution in [3.05, 3.63) is 28.0 Å². The molecule has 1 unspecified atom stereocenters. The Balaban J connectivity index is 2.33. The van der Waals surface area contributed by atoms with Gasteiger partial charge >= 0.3 is 0 Å². The van der Waals surface area contributed by atoms with Gasteiger partial charge in [0.15, 0.2) is 11.6 Å². The van der Waals surface area contributed by atoms with Gasteiger partial charge in [-0.1, -0.05) is 15.9 Å². The largest absolute Gasteiger partial charge is 0.505 e. The number of rotatable bonds is 1. The molecule has 1 aromatic carbocycles. The molecule has 1 atom stereocenters. The van der Waals surface area contributed by atoms with Crippen LogP contribution in [-0.2, 0) is 0 Å². The Kier molecular flexibility index (Phi) is 3.26. The first-order valence-electron chi connectivity index (χ1n) is 5.07. The molecule has 2 nitrogen and oxygen atoms in total. The summed E-state index contributed by atoms with van der Waals surface area (Å²) in [7, 11) is 0. The van der Waals surface area contributed by atoms with E-state index in [0.29, 0.717) is 10.0 Å². The first-order valence-corrected chi connectivity index (χ1v) is 5.86. The fourth-order valence-electron chi connectivity index (χ4n) is 2.01. The Bertz CT molecular complexity index is 364. The van der Waals surface area contributed by atoms with E-state index in [1.165, 1.54) is 6.07 Å². The quantitative estimate of drug-likeness (QED) is 0.825. The number of phenolic OH excluding ortho intramolecular Hbond substituents is 1. The molecule has 1 fully saturated rings. The fraction of sp³-hybridized carbons (Fsp3) is 0.455. The minimum Gasteiger partial charge on any atom is -0.505 e. The molecule has 0 bridgehead atoms. The summed E-state index contributed by atoms with van der Waals surface area (Å²) < 4.78 is 14.0. The number of aromatic hydroxyl groups is 1. The minimum absolute atomic E-state index is 0.202. The van der Waals surface area contributed by atoms with Crippen LogP contribution in [0.5, 0.6) is 5.75 Å². The van der Waals surface area contributed by atoms with E-state index in [2.05, 4.69) is 21.2 Å². The smallest absolute Gasteiger partial charge is 0.166 e. The van der Waals surface area contributed by atoms with E-state index in [9.17, 15) is 9.50 Å². The third-order valence-corrected chi connectivity index (χ3v) is 3.25. The molecule has 0 amide bonds. The van der Waals surface area contributed by atoms with E-state index in [1.807, 2.05) is 0 Å². The molecule has 1 heterocycles. The number of piperidine rings is 1. The van der Waals surface area contributed by atoms with Gasteiger partial charge in [0.2, 0.25) is 0 Å². The van der Waals surface area contributed by atoms with Crippen LogP contribution in [0.2, 0.25) is 0 Å². The molecular formula is C11H13BrFNO. The maximum absolute atomic E-state index is 13.3. The standard InChI is InChI=1S/C11H13BrFNO/c12-8-4-9(11(15)10(13)5-8)7-2-1-3-14-6-7/h4-5,7,14-15H,1-3,6H2. The molecule has 2 rings (SSSR count). The van der Waals surface area contributed by atoms with Crippen molar-refractivity contribution < 1.29 is 9.50 Å². The molecule has 82 valence electrons.